The molecule has 2 unspecified atom stereocenters. The summed E-state index contributed by atoms with van der Waals surface area (Å²) in [5.41, 5.74) is 1.30. The van der Waals surface area contributed by atoms with Crippen LogP contribution in [-0.4, -0.2) is 32.3 Å². The summed E-state index contributed by atoms with van der Waals surface area (Å²) in [7, 11) is -1.56. The van der Waals surface area contributed by atoms with Gasteiger partial charge in [0.25, 0.3) is 0 Å². The summed E-state index contributed by atoms with van der Waals surface area (Å²) in [6.45, 7) is 15.6. The SMILES string of the molecule is CCN(CC)C(C)C(O[Si](C)(C)C)c1ccccc1. The van der Waals surface area contributed by atoms with Crippen LogP contribution in [0.5, 0.6) is 0 Å². The molecule has 108 valence electrons. The Morgan fingerprint density at radius 3 is 2.00 bits per heavy atom. The predicted molar refractivity (Wildman–Crippen MR) is 86.0 cm³/mol. The van der Waals surface area contributed by atoms with Crippen LogP contribution >= 0.6 is 0 Å². The first-order chi connectivity index (χ1) is 8.89. The van der Waals surface area contributed by atoms with Crippen LogP contribution in [0.3, 0.4) is 0 Å². The average Bonchev–Trinajstić information content (AvgIpc) is 2.37. The molecule has 0 aliphatic heterocycles. The lowest BCUT2D eigenvalue weighted by atomic mass is 10.0. The van der Waals surface area contributed by atoms with Crippen molar-refractivity contribution in [2.24, 2.45) is 0 Å². The zero-order valence-corrected chi connectivity index (χ0v) is 14.3. The highest BCUT2D eigenvalue weighted by Crippen LogP contribution is 2.28. The number of benzene rings is 1. The predicted octanol–water partition coefficient (Wildman–Crippen LogP) is 4.31. The fraction of sp³-hybridized carbons (Fsp3) is 0.625. The molecule has 0 N–H and O–H groups in total. The lowest BCUT2D eigenvalue weighted by molar-refractivity contribution is 0.0770. The number of nitrogens with zero attached hydrogens (tertiary/aromatic N) is 1. The van der Waals surface area contributed by atoms with E-state index in [-0.39, 0.29) is 6.10 Å². The Kier molecular flexibility index (Phi) is 6.24. The molecule has 0 heterocycles. The first kappa shape index (κ1) is 16.4. The van der Waals surface area contributed by atoms with Crippen LogP contribution in [0.2, 0.25) is 19.6 Å². The normalized spacial score (nSPS) is 15.5. The molecular formula is C16H29NOSi. The molecular weight excluding hydrogens is 250 g/mol. The van der Waals surface area contributed by atoms with Crippen molar-refractivity contribution < 1.29 is 4.43 Å². The smallest absolute Gasteiger partial charge is 0.184 e. The minimum Gasteiger partial charge on any atom is -0.409 e. The molecule has 0 fully saturated rings. The van der Waals surface area contributed by atoms with Gasteiger partial charge in [-0.1, -0.05) is 44.2 Å². The number of hydrogen-bond acceptors (Lipinski definition) is 2. The monoisotopic (exact) mass is 279 g/mol. The largest absolute Gasteiger partial charge is 0.409 e. The van der Waals surface area contributed by atoms with E-state index in [0.717, 1.165) is 13.1 Å². The van der Waals surface area contributed by atoms with Gasteiger partial charge in [-0.3, -0.25) is 4.90 Å². The standard InChI is InChI=1S/C16H29NOSi/c1-7-17(8-2)14(3)16(18-19(4,5)6)15-12-10-9-11-13-15/h9-14,16H,7-8H2,1-6H3. The maximum absolute atomic E-state index is 6.47. The third-order valence-corrected chi connectivity index (χ3v) is 4.40. The summed E-state index contributed by atoms with van der Waals surface area (Å²) in [5.74, 6) is 0. The molecule has 0 aliphatic rings. The van der Waals surface area contributed by atoms with Crippen LogP contribution in [0, 0.1) is 0 Å². The molecule has 0 amide bonds. The van der Waals surface area contributed by atoms with Crippen molar-refractivity contribution in [3.8, 4) is 0 Å². The molecule has 2 atom stereocenters. The molecule has 0 saturated heterocycles. The van der Waals surface area contributed by atoms with Crippen molar-refractivity contribution in [1.82, 2.24) is 4.90 Å². The Bertz CT molecular complexity index is 357. The van der Waals surface area contributed by atoms with Crippen molar-refractivity contribution in [1.29, 1.82) is 0 Å². The van der Waals surface area contributed by atoms with Crippen LogP contribution in [0.1, 0.15) is 32.4 Å². The average molecular weight is 280 g/mol. The molecule has 0 bridgehead atoms. The molecule has 2 nitrogen and oxygen atoms in total. The highest BCUT2D eigenvalue weighted by molar-refractivity contribution is 6.69. The van der Waals surface area contributed by atoms with E-state index in [1.165, 1.54) is 5.56 Å². The second kappa shape index (κ2) is 7.22. The maximum atomic E-state index is 6.47. The van der Waals surface area contributed by atoms with E-state index in [1.54, 1.807) is 0 Å². The van der Waals surface area contributed by atoms with E-state index >= 15 is 0 Å². The van der Waals surface area contributed by atoms with E-state index in [0.29, 0.717) is 6.04 Å². The van der Waals surface area contributed by atoms with Crippen molar-refractivity contribution >= 4 is 8.32 Å². The molecule has 1 aromatic rings. The third-order valence-electron chi connectivity index (χ3n) is 3.44. The molecule has 0 spiro atoms. The van der Waals surface area contributed by atoms with Gasteiger partial charge >= 0.3 is 0 Å². The van der Waals surface area contributed by atoms with E-state index in [1.807, 2.05) is 0 Å². The van der Waals surface area contributed by atoms with Gasteiger partial charge in [-0.2, -0.15) is 0 Å². The fourth-order valence-electron chi connectivity index (χ4n) is 2.46. The number of likely N-dealkylation sites (N-methyl/N-ethyl adjacent to an activating group) is 1. The van der Waals surface area contributed by atoms with Gasteiger partial charge in [0.05, 0.1) is 6.10 Å². The molecule has 0 aliphatic carbocycles. The van der Waals surface area contributed by atoms with E-state index in [2.05, 4.69) is 75.6 Å². The zero-order valence-electron chi connectivity index (χ0n) is 13.3. The summed E-state index contributed by atoms with van der Waals surface area (Å²) in [5, 5.41) is 0. The Labute approximate surface area is 119 Å². The second-order valence-electron chi connectivity index (χ2n) is 6.02. The molecule has 1 rings (SSSR count). The summed E-state index contributed by atoms with van der Waals surface area (Å²) in [4.78, 5) is 2.47. The van der Waals surface area contributed by atoms with E-state index in [4.69, 9.17) is 4.43 Å². The van der Waals surface area contributed by atoms with E-state index < -0.39 is 8.32 Å². The molecule has 19 heavy (non-hydrogen) atoms. The van der Waals surface area contributed by atoms with Gasteiger partial charge < -0.3 is 4.43 Å². The van der Waals surface area contributed by atoms with Crippen molar-refractivity contribution in [3.05, 3.63) is 35.9 Å². The van der Waals surface area contributed by atoms with Crippen LogP contribution in [0.4, 0.5) is 0 Å². The summed E-state index contributed by atoms with van der Waals surface area (Å²) < 4.78 is 6.47. The van der Waals surface area contributed by atoms with Crippen LogP contribution < -0.4 is 0 Å². The Balaban J connectivity index is 2.99. The quantitative estimate of drug-likeness (QED) is 0.690. The topological polar surface area (TPSA) is 12.5 Å². The zero-order chi connectivity index (χ0) is 14.5. The molecule has 0 aromatic heterocycles. The molecule has 0 saturated carbocycles. The van der Waals surface area contributed by atoms with Crippen molar-refractivity contribution in [3.63, 3.8) is 0 Å². The molecule has 1 aromatic carbocycles. The number of hydrogen-bond donors (Lipinski definition) is 0. The van der Waals surface area contributed by atoms with Crippen molar-refractivity contribution in [2.45, 2.75) is 52.6 Å². The molecule has 3 heteroatoms. The number of rotatable bonds is 7. The van der Waals surface area contributed by atoms with Crippen LogP contribution in [0.15, 0.2) is 30.3 Å². The van der Waals surface area contributed by atoms with Gasteiger partial charge in [-0.05, 0) is 45.2 Å². The lowest BCUT2D eigenvalue weighted by Crippen LogP contribution is -2.42. The summed E-state index contributed by atoms with van der Waals surface area (Å²) in [6, 6.07) is 11.0. The first-order valence-electron chi connectivity index (χ1n) is 7.35. The second-order valence-corrected chi connectivity index (χ2v) is 10.5. The van der Waals surface area contributed by atoms with E-state index in [9.17, 15) is 0 Å². The minimum absolute atomic E-state index is 0.174. The lowest BCUT2D eigenvalue weighted by Gasteiger charge is -2.37. The summed E-state index contributed by atoms with van der Waals surface area (Å²) >= 11 is 0. The van der Waals surface area contributed by atoms with Gasteiger partial charge in [-0.15, -0.1) is 0 Å². The van der Waals surface area contributed by atoms with Crippen LogP contribution in [-0.2, 0) is 4.43 Å². The van der Waals surface area contributed by atoms with Gasteiger partial charge in [0.2, 0.25) is 0 Å². The first-order valence-corrected chi connectivity index (χ1v) is 10.8. The summed E-state index contributed by atoms with van der Waals surface area (Å²) in [6.07, 6.45) is 0.174. The third kappa shape index (κ3) is 5.09. The van der Waals surface area contributed by atoms with Gasteiger partial charge in [-0.25, -0.2) is 0 Å². The highest BCUT2D eigenvalue weighted by Gasteiger charge is 2.29. The maximum Gasteiger partial charge on any atom is 0.184 e. The Morgan fingerprint density at radius 2 is 1.58 bits per heavy atom. The minimum atomic E-state index is -1.56. The molecule has 0 radical (unpaired) electrons. The Hall–Kier alpha value is -0.643. The van der Waals surface area contributed by atoms with Gasteiger partial charge in [0.15, 0.2) is 8.32 Å². The van der Waals surface area contributed by atoms with Crippen molar-refractivity contribution in [2.75, 3.05) is 13.1 Å². The fourth-order valence-corrected chi connectivity index (χ4v) is 3.55. The Morgan fingerprint density at radius 1 is 1.05 bits per heavy atom. The van der Waals surface area contributed by atoms with Gasteiger partial charge in [0.1, 0.15) is 0 Å². The highest BCUT2D eigenvalue weighted by atomic mass is 28.4. The van der Waals surface area contributed by atoms with Gasteiger partial charge in [0, 0.05) is 6.04 Å². The van der Waals surface area contributed by atoms with Crippen LogP contribution in [0.25, 0.3) is 0 Å².